The second-order valence-electron chi connectivity index (χ2n) is 4.81. The molecule has 0 N–H and O–H groups in total. The molecule has 0 saturated carbocycles. The predicted molar refractivity (Wildman–Crippen MR) is 79.1 cm³/mol. The SMILES string of the molecule is COc1ccc(-c2ccccc2C(C)C)c(OC)c1. The van der Waals surface area contributed by atoms with Crippen molar-refractivity contribution in [3.05, 3.63) is 48.0 Å². The van der Waals surface area contributed by atoms with E-state index in [9.17, 15) is 0 Å². The monoisotopic (exact) mass is 256 g/mol. The van der Waals surface area contributed by atoms with Gasteiger partial charge in [0.2, 0.25) is 0 Å². The van der Waals surface area contributed by atoms with Crippen molar-refractivity contribution in [3.63, 3.8) is 0 Å². The van der Waals surface area contributed by atoms with Crippen molar-refractivity contribution in [1.82, 2.24) is 0 Å². The molecule has 2 nitrogen and oxygen atoms in total. The zero-order chi connectivity index (χ0) is 13.8. The number of hydrogen-bond acceptors (Lipinski definition) is 2. The Morgan fingerprint density at radius 1 is 0.842 bits per heavy atom. The minimum absolute atomic E-state index is 0.475. The molecule has 2 heteroatoms. The zero-order valence-corrected chi connectivity index (χ0v) is 11.9. The van der Waals surface area contributed by atoms with Gasteiger partial charge in [-0.1, -0.05) is 38.1 Å². The summed E-state index contributed by atoms with van der Waals surface area (Å²) in [6, 6.07) is 14.4. The third kappa shape index (κ3) is 2.73. The lowest BCUT2D eigenvalue weighted by atomic mass is 9.92. The standard InChI is InChI=1S/C17H20O2/c1-12(2)14-7-5-6-8-15(14)16-10-9-13(18-3)11-17(16)19-4/h5-12H,1-4H3. The van der Waals surface area contributed by atoms with Crippen molar-refractivity contribution in [2.75, 3.05) is 14.2 Å². The Hall–Kier alpha value is -1.96. The van der Waals surface area contributed by atoms with E-state index in [1.54, 1.807) is 14.2 Å². The zero-order valence-electron chi connectivity index (χ0n) is 11.9. The number of benzene rings is 2. The molecule has 0 saturated heterocycles. The van der Waals surface area contributed by atoms with Crippen LogP contribution in [0.4, 0.5) is 0 Å². The Morgan fingerprint density at radius 2 is 1.58 bits per heavy atom. The van der Waals surface area contributed by atoms with Gasteiger partial charge in [0.1, 0.15) is 11.5 Å². The average Bonchev–Trinajstić information content (AvgIpc) is 2.46. The molecular formula is C17H20O2. The number of methoxy groups -OCH3 is 2. The van der Waals surface area contributed by atoms with E-state index in [4.69, 9.17) is 9.47 Å². The Labute approximate surface area is 115 Å². The van der Waals surface area contributed by atoms with Crippen LogP contribution in [-0.2, 0) is 0 Å². The molecule has 0 unspecified atom stereocenters. The molecule has 2 aromatic rings. The fourth-order valence-corrected chi connectivity index (χ4v) is 2.27. The highest BCUT2D eigenvalue weighted by molar-refractivity contribution is 5.74. The molecule has 0 radical (unpaired) electrons. The van der Waals surface area contributed by atoms with Gasteiger partial charge in [-0.2, -0.15) is 0 Å². The highest BCUT2D eigenvalue weighted by Gasteiger charge is 2.12. The lowest BCUT2D eigenvalue weighted by Crippen LogP contribution is -1.95. The molecular weight excluding hydrogens is 236 g/mol. The van der Waals surface area contributed by atoms with Gasteiger partial charge in [0.05, 0.1) is 14.2 Å². The quantitative estimate of drug-likeness (QED) is 0.802. The van der Waals surface area contributed by atoms with E-state index in [0.29, 0.717) is 5.92 Å². The number of hydrogen-bond donors (Lipinski definition) is 0. The Kier molecular flexibility index (Phi) is 4.10. The van der Waals surface area contributed by atoms with Crippen LogP contribution >= 0.6 is 0 Å². The molecule has 0 atom stereocenters. The van der Waals surface area contributed by atoms with Crippen molar-refractivity contribution < 1.29 is 9.47 Å². The Balaban J connectivity index is 2.58. The van der Waals surface area contributed by atoms with E-state index in [1.807, 2.05) is 12.1 Å². The molecule has 100 valence electrons. The highest BCUT2D eigenvalue weighted by atomic mass is 16.5. The van der Waals surface area contributed by atoms with Crippen molar-refractivity contribution in [2.24, 2.45) is 0 Å². The predicted octanol–water partition coefficient (Wildman–Crippen LogP) is 4.49. The molecule has 0 bridgehead atoms. The lowest BCUT2D eigenvalue weighted by Gasteiger charge is -2.16. The van der Waals surface area contributed by atoms with Gasteiger partial charge in [0, 0.05) is 11.6 Å². The minimum Gasteiger partial charge on any atom is -0.497 e. The molecule has 2 aromatic carbocycles. The Morgan fingerprint density at radius 3 is 2.21 bits per heavy atom. The molecule has 0 aliphatic heterocycles. The average molecular weight is 256 g/mol. The lowest BCUT2D eigenvalue weighted by molar-refractivity contribution is 0.395. The maximum atomic E-state index is 5.50. The molecule has 2 rings (SSSR count). The van der Waals surface area contributed by atoms with Gasteiger partial charge in [-0.15, -0.1) is 0 Å². The van der Waals surface area contributed by atoms with E-state index < -0.39 is 0 Å². The van der Waals surface area contributed by atoms with Crippen LogP contribution < -0.4 is 9.47 Å². The molecule has 0 aliphatic carbocycles. The third-order valence-corrected chi connectivity index (χ3v) is 3.28. The van der Waals surface area contributed by atoms with Crippen LogP contribution in [0.3, 0.4) is 0 Å². The molecule has 19 heavy (non-hydrogen) atoms. The highest BCUT2D eigenvalue weighted by Crippen LogP contribution is 2.37. The Bertz CT molecular complexity index is 559. The minimum atomic E-state index is 0.475. The second-order valence-corrected chi connectivity index (χ2v) is 4.81. The second kappa shape index (κ2) is 5.79. The van der Waals surface area contributed by atoms with Crippen LogP contribution in [0.1, 0.15) is 25.3 Å². The van der Waals surface area contributed by atoms with Gasteiger partial charge in [-0.05, 0) is 29.2 Å². The summed E-state index contributed by atoms with van der Waals surface area (Å²) in [5.74, 6) is 2.12. The van der Waals surface area contributed by atoms with Gasteiger partial charge in [-0.3, -0.25) is 0 Å². The maximum Gasteiger partial charge on any atom is 0.130 e. The fourth-order valence-electron chi connectivity index (χ4n) is 2.27. The van der Waals surface area contributed by atoms with Gasteiger partial charge in [-0.25, -0.2) is 0 Å². The smallest absolute Gasteiger partial charge is 0.130 e. The van der Waals surface area contributed by atoms with E-state index in [2.05, 4.69) is 44.2 Å². The van der Waals surface area contributed by atoms with Gasteiger partial charge >= 0.3 is 0 Å². The summed E-state index contributed by atoms with van der Waals surface area (Å²) in [4.78, 5) is 0. The maximum absolute atomic E-state index is 5.50. The summed E-state index contributed by atoms with van der Waals surface area (Å²) in [7, 11) is 3.35. The normalized spacial score (nSPS) is 10.6. The van der Waals surface area contributed by atoms with Crippen LogP contribution in [0, 0.1) is 0 Å². The van der Waals surface area contributed by atoms with Crippen LogP contribution in [0.2, 0.25) is 0 Å². The summed E-state index contributed by atoms with van der Waals surface area (Å²) < 4.78 is 10.7. The van der Waals surface area contributed by atoms with Crippen molar-refractivity contribution >= 4 is 0 Å². The summed E-state index contributed by atoms with van der Waals surface area (Å²) >= 11 is 0. The van der Waals surface area contributed by atoms with Crippen molar-refractivity contribution in [3.8, 4) is 22.6 Å². The van der Waals surface area contributed by atoms with Crippen LogP contribution in [0.25, 0.3) is 11.1 Å². The molecule has 0 heterocycles. The topological polar surface area (TPSA) is 18.5 Å². The van der Waals surface area contributed by atoms with Crippen LogP contribution in [0.15, 0.2) is 42.5 Å². The largest absolute Gasteiger partial charge is 0.497 e. The van der Waals surface area contributed by atoms with Crippen molar-refractivity contribution in [2.45, 2.75) is 19.8 Å². The van der Waals surface area contributed by atoms with Gasteiger partial charge in [0.15, 0.2) is 0 Å². The first-order valence-electron chi connectivity index (χ1n) is 6.48. The van der Waals surface area contributed by atoms with E-state index in [0.717, 1.165) is 17.1 Å². The first kappa shape index (κ1) is 13.5. The van der Waals surface area contributed by atoms with Gasteiger partial charge in [0.25, 0.3) is 0 Å². The first-order chi connectivity index (χ1) is 9.17. The number of ether oxygens (including phenoxy) is 2. The summed E-state index contributed by atoms with van der Waals surface area (Å²) in [6.07, 6.45) is 0. The number of rotatable bonds is 4. The molecule has 0 aromatic heterocycles. The van der Waals surface area contributed by atoms with Gasteiger partial charge < -0.3 is 9.47 Å². The van der Waals surface area contributed by atoms with E-state index in [1.165, 1.54) is 11.1 Å². The van der Waals surface area contributed by atoms with E-state index >= 15 is 0 Å². The van der Waals surface area contributed by atoms with Crippen molar-refractivity contribution in [1.29, 1.82) is 0 Å². The molecule has 0 spiro atoms. The van der Waals surface area contributed by atoms with E-state index in [-0.39, 0.29) is 0 Å². The van der Waals surface area contributed by atoms with Crippen LogP contribution in [-0.4, -0.2) is 14.2 Å². The summed E-state index contributed by atoms with van der Waals surface area (Å²) in [5.41, 5.74) is 3.65. The summed E-state index contributed by atoms with van der Waals surface area (Å²) in [6.45, 7) is 4.41. The molecule has 0 amide bonds. The fraction of sp³-hybridized carbons (Fsp3) is 0.294. The summed E-state index contributed by atoms with van der Waals surface area (Å²) in [5, 5.41) is 0. The molecule has 0 fully saturated rings. The molecule has 0 aliphatic rings. The van der Waals surface area contributed by atoms with Crippen LogP contribution in [0.5, 0.6) is 11.5 Å². The third-order valence-electron chi connectivity index (χ3n) is 3.28. The first-order valence-corrected chi connectivity index (χ1v) is 6.48.